The van der Waals surface area contributed by atoms with Gasteiger partial charge in [0, 0.05) is 33.0 Å². The lowest BCUT2D eigenvalue weighted by Crippen LogP contribution is -2.30. The number of amides is 3. The Morgan fingerprint density at radius 2 is 1.67 bits per heavy atom. The van der Waals surface area contributed by atoms with Gasteiger partial charge in [0.2, 0.25) is 6.41 Å². The second-order valence-corrected chi connectivity index (χ2v) is 6.58. The molecule has 0 saturated carbocycles. The maximum atomic E-state index is 12.5. The molecule has 2 rings (SSSR count). The van der Waals surface area contributed by atoms with Gasteiger partial charge >= 0.3 is 0 Å². The van der Waals surface area contributed by atoms with E-state index < -0.39 is 0 Å². The largest absolute Gasteiger partial charge is 0.355 e. The zero-order valence-electron chi connectivity index (χ0n) is 16.1. The number of aromatic amines is 2. The van der Waals surface area contributed by atoms with Crippen LogP contribution in [0.3, 0.4) is 0 Å². The molecule has 0 aliphatic rings. The maximum absolute atomic E-state index is 12.5. The van der Waals surface area contributed by atoms with Crippen LogP contribution in [0.2, 0.25) is 0 Å². The van der Waals surface area contributed by atoms with Gasteiger partial charge in [-0.15, -0.1) is 0 Å². The molecule has 0 saturated heterocycles. The Kier molecular flexibility index (Phi) is 6.78. The molecule has 3 N–H and O–H groups in total. The fourth-order valence-electron chi connectivity index (χ4n) is 2.60. The van der Waals surface area contributed by atoms with E-state index in [1.807, 2.05) is 14.1 Å². The van der Waals surface area contributed by atoms with E-state index in [1.54, 1.807) is 37.3 Å². The summed E-state index contributed by atoms with van der Waals surface area (Å²) in [5, 5.41) is 2.47. The SMILES string of the molecule is CN(C)CCCN(C)C(=O)c1cc(N(C)C(=O)c2cc(NC=O)c[nH]2)c[nH]1. The highest BCUT2D eigenvalue weighted by atomic mass is 16.2. The van der Waals surface area contributed by atoms with Gasteiger partial charge in [-0.2, -0.15) is 0 Å². The summed E-state index contributed by atoms with van der Waals surface area (Å²) in [6, 6.07) is 3.20. The smallest absolute Gasteiger partial charge is 0.274 e. The molecule has 0 aliphatic heterocycles. The summed E-state index contributed by atoms with van der Waals surface area (Å²) in [5.41, 5.74) is 1.83. The van der Waals surface area contributed by atoms with Crippen LogP contribution in [0.25, 0.3) is 0 Å². The van der Waals surface area contributed by atoms with Crippen LogP contribution in [-0.4, -0.2) is 79.3 Å². The third kappa shape index (κ3) is 5.20. The second-order valence-electron chi connectivity index (χ2n) is 6.58. The van der Waals surface area contributed by atoms with Crippen molar-refractivity contribution in [3.63, 3.8) is 0 Å². The first-order valence-electron chi connectivity index (χ1n) is 8.58. The van der Waals surface area contributed by atoms with Crippen molar-refractivity contribution in [1.29, 1.82) is 0 Å². The van der Waals surface area contributed by atoms with E-state index >= 15 is 0 Å². The lowest BCUT2D eigenvalue weighted by atomic mass is 10.3. The van der Waals surface area contributed by atoms with Gasteiger partial charge in [-0.3, -0.25) is 14.4 Å². The average Bonchev–Trinajstić information content (AvgIpc) is 3.29. The van der Waals surface area contributed by atoms with Crippen molar-refractivity contribution < 1.29 is 14.4 Å². The predicted octanol–water partition coefficient (Wildman–Crippen LogP) is 1.21. The Morgan fingerprint density at radius 3 is 2.33 bits per heavy atom. The highest BCUT2D eigenvalue weighted by Crippen LogP contribution is 2.19. The molecule has 2 aromatic rings. The van der Waals surface area contributed by atoms with Crippen LogP contribution in [-0.2, 0) is 4.79 Å². The summed E-state index contributed by atoms with van der Waals surface area (Å²) < 4.78 is 0. The van der Waals surface area contributed by atoms with E-state index in [0.29, 0.717) is 35.7 Å². The van der Waals surface area contributed by atoms with Crippen LogP contribution in [0, 0.1) is 0 Å². The van der Waals surface area contributed by atoms with E-state index in [2.05, 4.69) is 20.2 Å². The van der Waals surface area contributed by atoms with E-state index in [1.165, 1.54) is 11.1 Å². The maximum Gasteiger partial charge on any atom is 0.274 e. The lowest BCUT2D eigenvalue weighted by molar-refractivity contribution is -0.105. The zero-order valence-corrected chi connectivity index (χ0v) is 16.1. The Balaban J connectivity index is 2.01. The van der Waals surface area contributed by atoms with Crippen LogP contribution >= 0.6 is 0 Å². The van der Waals surface area contributed by atoms with E-state index in [4.69, 9.17) is 0 Å². The molecular weight excluding hydrogens is 348 g/mol. The minimum Gasteiger partial charge on any atom is -0.355 e. The van der Waals surface area contributed by atoms with Crippen LogP contribution in [0.4, 0.5) is 11.4 Å². The number of carbonyl (C=O) groups is 3. The molecule has 146 valence electrons. The lowest BCUT2D eigenvalue weighted by Gasteiger charge is -2.18. The predicted molar refractivity (Wildman–Crippen MR) is 104 cm³/mol. The van der Waals surface area contributed by atoms with Crippen molar-refractivity contribution in [3.8, 4) is 0 Å². The normalized spacial score (nSPS) is 10.7. The first kappa shape index (κ1) is 20.2. The quantitative estimate of drug-likeness (QED) is 0.574. The van der Waals surface area contributed by atoms with Crippen molar-refractivity contribution in [1.82, 2.24) is 19.8 Å². The minimum absolute atomic E-state index is 0.127. The summed E-state index contributed by atoms with van der Waals surface area (Å²) in [6.07, 6.45) is 4.57. The van der Waals surface area contributed by atoms with E-state index in [9.17, 15) is 14.4 Å². The number of H-pyrrole nitrogens is 2. The van der Waals surface area contributed by atoms with Gasteiger partial charge < -0.3 is 30.0 Å². The average molecular weight is 374 g/mol. The molecule has 9 nitrogen and oxygen atoms in total. The Labute approximate surface area is 158 Å². The van der Waals surface area contributed by atoms with Crippen molar-refractivity contribution in [2.45, 2.75) is 6.42 Å². The van der Waals surface area contributed by atoms with Gasteiger partial charge in [-0.25, -0.2) is 0 Å². The number of aromatic nitrogens is 2. The molecule has 0 bridgehead atoms. The number of hydrogen-bond donors (Lipinski definition) is 3. The Hall–Kier alpha value is -3.07. The fourth-order valence-corrected chi connectivity index (χ4v) is 2.60. The van der Waals surface area contributed by atoms with Gasteiger partial charge in [0.1, 0.15) is 11.4 Å². The molecule has 0 radical (unpaired) electrons. The van der Waals surface area contributed by atoms with Crippen molar-refractivity contribution >= 4 is 29.6 Å². The van der Waals surface area contributed by atoms with Gasteiger partial charge in [0.25, 0.3) is 11.8 Å². The molecular formula is C18H26N6O3. The van der Waals surface area contributed by atoms with E-state index in [0.717, 1.165) is 13.0 Å². The van der Waals surface area contributed by atoms with Gasteiger partial charge in [0.15, 0.2) is 0 Å². The zero-order chi connectivity index (χ0) is 20.0. The third-order valence-corrected chi connectivity index (χ3v) is 4.17. The standard InChI is InChI=1S/C18H26N6O3/c1-22(2)6-5-7-23(3)17(26)16-9-14(11-20-16)24(4)18(27)15-8-13(10-19-15)21-12-25/h8-12,19-20H,5-7H2,1-4H3,(H,21,25). The monoisotopic (exact) mass is 374 g/mol. The summed E-state index contributed by atoms with van der Waals surface area (Å²) in [7, 11) is 7.37. The van der Waals surface area contributed by atoms with Crippen LogP contribution in [0.1, 0.15) is 27.4 Å². The number of hydrogen-bond acceptors (Lipinski definition) is 4. The van der Waals surface area contributed by atoms with Crippen LogP contribution in [0.15, 0.2) is 24.5 Å². The molecule has 0 atom stereocenters. The summed E-state index contributed by atoms with van der Waals surface area (Å²) in [4.78, 5) is 46.4. The molecule has 0 aromatic carbocycles. The van der Waals surface area contributed by atoms with Gasteiger partial charge in [0.05, 0.1) is 11.4 Å². The Morgan fingerprint density at radius 1 is 1.00 bits per heavy atom. The summed E-state index contributed by atoms with van der Waals surface area (Å²) in [6.45, 7) is 1.55. The number of nitrogens with one attached hydrogen (secondary N) is 3. The molecule has 3 amide bonds. The molecule has 2 aromatic heterocycles. The molecule has 2 heterocycles. The highest BCUT2D eigenvalue weighted by molar-refractivity contribution is 6.06. The number of rotatable bonds is 9. The van der Waals surface area contributed by atoms with Crippen molar-refractivity contribution in [2.24, 2.45) is 0 Å². The molecule has 0 spiro atoms. The molecule has 9 heteroatoms. The van der Waals surface area contributed by atoms with Crippen molar-refractivity contribution in [2.75, 3.05) is 51.5 Å². The number of nitrogens with zero attached hydrogens (tertiary/aromatic N) is 3. The first-order valence-corrected chi connectivity index (χ1v) is 8.58. The van der Waals surface area contributed by atoms with Crippen LogP contribution in [0.5, 0.6) is 0 Å². The molecule has 0 aliphatic carbocycles. The molecule has 0 fully saturated rings. The highest BCUT2D eigenvalue weighted by Gasteiger charge is 2.19. The van der Waals surface area contributed by atoms with Crippen LogP contribution < -0.4 is 10.2 Å². The molecule has 27 heavy (non-hydrogen) atoms. The number of anilines is 2. The van der Waals surface area contributed by atoms with Crippen molar-refractivity contribution in [3.05, 3.63) is 35.9 Å². The summed E-state index contributed by atoms with van der Waals surface area (Å²) >= 11 is 0. The topological polar surface area (TPSA) is 105 Å². The second kappa shape index (κ2) is 9.04. The minimum atomic E-state index is -0.286. The van der Waals surface area contributed by atoms with E-state index in [-0.39, 0.29) is 11.8 Å². The Bertz CT molecular complexity index is 795. The molecule has 0 unspecified atom stereocenters. The number of carbonyl (C=O) groups excluding carboxylic acids is 3. The fraction of sp³-hybridized carbons (Fsp3) is 0.389. The summed E-state index contributed by atoms with van der Waals surface area (Å²) in [5.74, 6) is -0.413. The van der Waals surface area contributed by atoms with Gasteiger partial charge in [-0.05, 0) is 39.2 Å². The van der Waals surface area contributed by atoms with Gasteiger partial charge in [-0.1, -0.05) is 0 Å². The first-order chi connectivity index (χ1) is 12.8. The third-order valence-electron chi connectivity index (χ3n) is 4.17.